The van der Waals surface area contributed by atoms with E-state index in [4.69, 9.17) is 28.4 Å². The Bertz CT molecular complexity index is 2140. The van der Waals surface area contributed by atoms with E-state index in [1.165, 1.54) is 6.07 Å². The molecule has 7 rings (SSSR count). The smallest absolute Gasteiger partial charge is 0.262 e. The number of piperidine rings is 1. The number of para-hydroxylation sites is 2. The van der Waals surface area contributed by atoms with Crippen molar-refractivity contribution >= 4 is 34.5 Å². The van der Waals surface area contributed by atoms with Crippen molar-refractivity contribution in [2.45, 2.75) is 18.9 Å². The molecule has 54 heavy (non-hydrogen) atoms. The summed E-state index contributed by atoms with van der Waals surface area (Å²) in [5.74, 6) is 0.179. The first-order chi connectivity index (χ1) is 26.5. The van der Waals surface area contributed by atoms with E-state index < -0.39 is 23.8 Å². The fourth-order valence-electron chi connectivity index (χ4n) is 6.13. The number of hydrogen-bond acceptors (Lipinski definition) is 12. The van der Waals surface area contributed by atoms with Gasteiger partial charge in [-0.15, -0.1) is 0 Å². The Labute approximate surface area is 310 Å². The molecule has 1 unspecified atom stereocenters. The number of carbonyl (C=O) groups excluding carboxylic acids is 3. The van der Waals surface area contributed by atoms with E-state index in [2.05, 4.69) is 26.8 Å². The molecule has 2 aliphatic heterocycles. The normalized spacial score (nSPS) is 15.6. The number of imidazole rings is 1. The molecule has 280 valence electrons. The number of amides is 3. The van der Waals surface area contributed by atoms with E-state index in [-0.39, 0.29) is 17.7 Å². The van der Waals surface area contributed by atoms with Crippen LogP contribution in [0.3, 0.4) is 0 Å². The number of rotatable bonds is 19. The summed E-state index contributed by atoms with van der Waals surface area (Å²) in [6, 6.07) is 17.4. The van der Waals surface area contributed by atoms with Gasteiger partial charge in [0.2, 0.25) is 17.6 Å². The van der Waals surface area contributed by atoms with Crippen LogP contribution in [0.15, 0.2) is 85.3 Å². The van der Waals surface area contributed by atoms with Crippen molar-refractivity contribution in [3.05, 3.63) is 96.5 Å². The minimum atomic E-state index is -0.855. The molecule has 0 radical (unpaired) electrons. The topological polar surface area (TPSA) is 165 Å². The minimum absolute atomic E-state index is 0.218. The molecular formula is C39H40N6O9. The van der Waals surface area contributed by atoms with Gasteiger partial charge in [-0.3, -0.25) is 23.7 Å². The quantitative estimate of drug-likeness (QED) is 0.0964. The van der Waals surface area contributed by atoms with Crippen LogP contribution in [0.1, 0.15) is 33.6 Å². The van der Waals surface area contributed by atoms with Crippen molar-refractivity contribution < 1.29 is 42.8 Å². The molecule has 0 aliphatic carbocycles. The van der Waals surface area contributed by atoms with Gasteiger partial charge in [0, 0.05) is 29.7 Å². The van der Waals surface area contributed by atoms with E-state index in [1.807, 2.05) is 53.1 Å². The molecule has 0 saturated carbocycles. The van der Waals surface area contributed by atoms with Crippen molar-refractivity contribution in [3.63, 3.8) is 0 Å². The van der Waals surface area contributed by atoms with Gasteiger partial charge in [-0.2, -0.15) is 0 Å². The fourth-order valence-corrected chi connectivity index (χ4v) is 6.13. The Morgan fingerprint density at radius 3 is 2.13 bits per heavy atom. The third kappa shape index (κ3) is 8.55. The van der Waals surface area contributed by atoms with E-state index >= 15 is 0 Å². The van der Waals surface area contributed by atoms with Crippen molar-refractivity contribution in [2.75, 3.05) is 66.1 Å². The molecule has 15 heteroatoms. The lowest BCUT2D eigenvalue weighted by molar-refractivity contribution is -0.125. The molecule has 2 aromatic carbocycles. The number of allylic oxidation sites excluding steroid dienone is 1. The lowest BCUT2D eigenvalue weighted by atomic mass is 10.0. The number of pyridine rings is 1. The molecule has 0 bridgehead atoms. The number of hydrogen-bond donors (Lipinski definition) is 1. The summed E-state index contributed by atoms with van der Waals surface area (Å²) < 4.78 is 35.6. The maximum absolute atomic E-state index is 13.0. The maximum Gasteiger partial charge on any atom is 0.262 e. The summed E-state index contributed by atoms with van der Waals surface area (Å²) in [4.78, 5) is 53.0. The number of benzene rings is 2. The highest BCUT2D eigenvalue weighted by molar-refractivity contribution is 6.23. The summed E-state index contributed by atoms with van der Waals surface area (Å²) in [5.41, 5.74) is 4.62. The molecule has 1 fully saturated rings. The average molecular weight is 737 g/mol. The predicted molar refractivity (Wildman–Crippen MR) is 195 cm³/mol. The summed E-state index contributed by atoms with van der Waals surface area (Å²) >= 11 is 0. The van der Waals surface area contributed by atoms with Crippen molar-refractivity contribution in [2.24, 2.45) is 0 Å². The van der Waals surface area contributed by atoms with Crippen LogP contribution in [0.2, 0.25) is 0 Å². The molecule has 3 aromatic heterocycles. The standard InChI is InChI=1S/C39H40N6O9/c1-26-6-10-34(36(46)41-26)45-37(47)29-9-8-28(24-30(29)38(45)48)53-22-20-51-18-16-49-14-15-50-17-19-52-21-23-54-35-11-7-27(25-40-35)31-12-13-44-33-5-3-2-4-32(33)43-39(44)42-31/h2-5,7-9,11-13,24-25,34H,1,6,10,14-23H2,(H,41,46). The van der Waals surface area contributed by atoms with Crippen LogP contribution in [-0.4, -0.2) is 114 Å². The second kappa shape index (κ2) is 17.4. The van der Waals surface area contributed by atoms with Crippen LogP contribution in [0.25, 0.3) is 28.1 Å². The second-order valence-electron chi connectivity index (χ2n) is 12.4. The first-order valence-electron chi connectivity index (χ1n) is 17.7. The van der Waals surface area contributed by atoms with E-state index in [9.17, 15) is 14.4 Å². The monoisotopic (exact) mass is 736 g/mol. The van der Waals surface area contributed by atoms with Gasteiger partial charge in [-0.25, -0.2) is 15.0 Å². The fraction of sp³-hybridized carbons (Fsp3) is 0.333. The van der Waals surface area contributed by atoms with Gasteiger partial charge in [0.05, 0.1) is 80.7 Å². The van der Waals surface area contributed by atoms with Crippen molar-refractivity contribution in [1.29, 1.82) is 0 Å². The van der Waals surface area contributed by atoms with Gasteiger partial charge in [0.1, 0.15) is 25.0 Å². The van der Waals surface area contributed by atoms with Crippen LogP contribution in [0.4, 0.5) is 0 Å². The average Bonchev–Trinajstić information content (AvgIpc) is 3.68. The van der Waals surface area contributed by atoms with E-state index in [0.717, 1.165) is 27.2 Å². The lowest BCUT2D eigenvalue weighted by Crippen LogP contribution is -2.51. The summed E-state index contributed by atoms with van der Waals surface area (Å²) in [5, 5.41) is 2.62. The van der Waals surface area contributed by atoms with E-state index in [0.29, 0.717) is 95.4 Å². The molecule has 5 aromatic rings. The zero-order valence-corrected chi connectivity index (χ0v) is 29.6. The molecule has 2 aliphatic rings. The third-order valence-electron chi connectivity index (χ3n) is 8.82. The molecule has 3 amide bonds. The highest BCUT2D eigenvalue weighted by Crippen LogP contribution is 2.31. The second-order valence-corrected chi connectivity index (χ2v) is 12.4. The van der Waals surface area contributed by atoms with Crippen molar-refractivity contribution in [1.82, 2.24) is 29.6 Å². The number of aromatic nitrogens is 4. The minimum Gasteiger partial charge on any atom is -0.491 e. The lowest BCUT2D eigenvalue weighted by Gasteiger charge is -2.29. The first-order valence-corrected chi connectivity index (χ1v) is 17.7. The van der Waals surface area contributed by atoms with Crippen LogP contribution < -0.4 is 14.8 Å². The van der Waals surface area contributed by atoms with Crippen LogP contribution in [0, 0.1) is 0 Å². The highest BCUT2D eigenvalue weighted by atomic mass is 16.6. The van der Waals surface area contributed by atoms with Gasteiger partial charge in [-0.1, -0.05) is 18.7 Å². The molecule has 5 heterocycles. The van der Waals surface area contributed by atoms with Gasteiger partial charge in [0.15, 0.2) is 0 Å². The summed E-state index contributed by atoms with van der Waals surface area (Å²) in [7, 11) is 0. The Hall–Kier alpha value is -5.74. The number of imide groups is 1. The summed E-state index contributed by atoms with van der Waals surface area (Å²) in [6.07, 6.45) is 4.55. The maximum atomic E-state index is 13.0. The molecule has 1 atom stereocenters. The Morgan fingerprint density at radius 1 is 0.741 bits per heavy atom. The number of ether oxygens (including phenoxy) is 6. The van der Waals surface area contributed by atoms with Crippen LogP contribution in [-0.2, 0) is 23.7 Å². The first kappa shape index (κ1) is 36.6. The van der Waals surface area contributed by atoms with Gasteiger partial charge in [-0.05, 0) is 55.3 Å². The molecule has 1 saturated heterocycles. The number of nitrogens with zero attached hydrogens (tertiary/aromatic N) is 5. The number of fused-ring (bicyclic) bond motifs is 4. The van der Waals surface area contributed by atoms with Gasteiger partial charge < -0.3 is 33.7 Å². The zero-order chi connectivity index (χ0) is 37.3. The highest BCUT2D eigenvalue weighted by Gasteiger charge is 2.44. The predicted octanol–water partition coefficient (Wildman–Crippen LogP) is 3.86. The van der Waals surface area contributed by atoms with Gasteiger partial charge in [0.25, 0.3) is 11.8 Å². The Kier molecular flexibility index (Phi) is 11.8. The number of carbonyl (C=O) groups is 3. The zero-order valence-electron chi connectivity index (χ0n) is 29.6. The molecule has 0 spiro atoms. The van der Waals surface area contributed by atoms with Crippen LogP contribution in [0.5, 0.6) is 11.6 Å². The molecule has 15 nitrogen and oxygen atoms in total. The van der Waals surface area contributed by atoms with Crippen LogP contribution >= 0.6 is 0 Å². The van der Waals surface area contributed by atoms with Gasteiger partial charge >= 0.3 is 0 Å². The third-order valence-corrected chi connectivity index (χ3v) is 8.82. The SMILES string of the molecule is C=C1CCC(N2C(=O)c3ccc(OCCOCCOCCOCCOCCOc4ccc(-c5ccn6c(n5)nc5ccccc56)cn4)cc3C2=O)C(=O)N1. The Morgan fingerprint density at radius 2 is 1.43 bits per heavy atom. The van der Waals surface area contributed by atoms with E-state index in [1.54, 1.807) is 18.3 Å². The Balaban J connectivity index is 0.687. The van der Waals surface area contributed by atoms with Crippen molar-refractivity contribution in [3.8, 4) is 22.9 Å². The molecular weight excluding hydrogens is 696 g/mol. The largest absolute Gasteiger partial charge is 0.491 e. The summed E-state index contributed by atoms with van der Waals surface area (Å²) in [6.45, 7) is 7.53. The number of nitrogens with one attached hydrogen (secondary N) is 1. The molecule has 1 N–H and O–H groups in total.